The molecule has 182 valence electrons. The van der Waals surface area contributed by atoms with E-state index >= 15 is 0 Å². The number of carbonyl (C=O) groups is 1. The Kier molecular flexibility index (Phi) is 6.96. The van der Waals surface area contributed by atoms with Gasteiger partial charge in [0.25, 0.3) is 0 Å². The number of hydrogen-bond acceptors (Lipinski definition) is 5. The number of aliphatic hydroxyl groups is 1. The van der Waals surface area contributed by atoms with Crippen molar-refractivity contribution in [2.24, 2.45) is 5.92 Å². The van der Waals surface area contributed by atoms with Crippen molar-refractivity contribution in [3.63, 3.8) is 0 Å². The zero-order valence-electron chi connectivity index (χ0n) is 19.7. The molecule has 2 unspecified atom stereocenters. The van der Waals surface area contributed by atoms with Gasteiger partial charge in [-0.25, -0.2) is 9.78 Å². The Morgan fingerprint density at radius 2 is 1.72 bits per heavy atom. The lowest BCUT2D eigenvalue weighted by molar-refractivity contribution is -0.139. The molecule has 0 aliphatic heterocycles. The quantitative estimate of drug-likeness (QED) is 0.303. The summed E-state index contributed by atoms with van der Waals surface area (Å²) in [6.07, 6.45) is 3.88. The molecular weight excluding hydrogens is 454 g/mol. The molecule has 1 heterocycles. The molecule has 6 heteroatoms. The molecule has 0 spiro atoms. The molecule has 36 heavy (non-hydrogen) atoms. The van der Waals surface area contributed by atoms with Crippen molar-refractivity contribution in [3.05, 3.63) is 102 Å². The molecule has 4 aromatic rings. The molecular formula is C30H27NO5. The summed E-state index contributed by atoms with van der Waals surface area (Å²) in [5.74, 6) is 0.338. The van der Waals surface area contributed by atoms with Gasteiger partial charge in [-0.15, -0.1) is 0 Å². The number of benzene rings is 3. The fourth-order valence-corrected chi connectivity index (χ4v) is 4.66. The highest BCUT2D eigenvalue weighted by molar-refractivity contribution is 5.79. The normalized spacial score (nSPS) is 16.2. The van der Waals surface area contributed by atoms with Crippen molar-refractivity contribution >= 4 is 11.5 Å². The smallest absolute Gasteiger partial charge is 0.341 e. The van der Waals surface area contributed by atoms with Crippen LogP contribution in [-0.2, 0) is 4.79 Å². The van der Waals surface area contributed by atoms with Gasteiger partial charge in [-0.05, 0) is 37.0 Å². The van der Waals surface area contributed by atoms with Gasteiger partial charge in [-0.3, -0.25) is 0 Å². The second-order valence-electron chi connectivity index (χ2n) is 8.83. The number of carboxylic acids is 1. The topological polar surface area (TPSA) is 92.8 Å². The van der Waals surface area contributed by atoms with Gasteiger partial charge in [-0.1, -0.05) is 78.9 Å². The minimum atomic E-state index is -1.05. The summed E-state index contributed by atoms with van der Waals surface area (Å²) in [6, 6.07) is 26.8. The number of aliphatic hydroxyl groups excluding tert-OH is 1. The maximum absolute atomic E-state index is 11.4. The Hall–Kier alpha value is -4.16. The number of ether oxygens (including phenoxy) is 1. The lowest BCUT2D eigenvalue weighted by Gasteiger charge is -2.27. The van der Waals surface area contributed by atoms with E-state index in [0.717, 1.165) is 41.7 Å². The first-order chi connectivity index (χ1) is 17.6. The van der Waals surface area contributed by atoms with E-state index in [1.807, 2.05) is 66.7 Å². The van der Waals surface area contributed by atoms with Crippen LogP contribution in [0.25, 0.3) is 28.2 Å². The fourth-order valence-electron chi connectivity index (χ4n) is 4.66. The zero-order valence-corrected chi connectivity index (χ0v) is 19.7. The van der Waals surface area contributed by atoms with Crippen molar-refractivity contribution in [1.29, 1.82) is 0 Å². The Morgan fingerprint density at radius 1 is 1.00 bits per heavy atom. The largest absolute Gasteiger partial charge is 0.482 e. The summed E-state index contributed by atoms with van der Waals surface area (Å²) in [5.41, 5.74) is 4.20. The van der Waals surface area contributed by atoms with Crippen molar-refractivity contribution < 1.29 is 24.2 Å². The molecule has 1 aliphatic carbocycles. The third kappa shape index (κ3) is 5.09. The SMILES string of the molecule is O=C(O)COc1cccc(C(O)C2CCCC=C2c2nc(-c3ccccc3)c(-c3ccccc3)o2)c1. The highest BCUT2D eigenvalue weighted by Gasteiger charge is 2.31. The molecule has 1 aromatic heterocycles. The number of aromatic nitrogens is 1. The van der Waals surface area contributed by atoms with E-state index in [1.54, 1.807) is 18.2 Å². The minimum Gasteiger partial charge on any atom is -0.482 e. The molecule has 3 aromatic carbocycles. The first kappa shape index (κ1) is 23.6. The molecule has 1 aliphatic rings. The van der Waals surface area contributed by atoms with Gasteiger partial charge in [0.2, 0.25) is 5.89 Å². The average molecular weight is 482 g/mol. The highest BCUT2D eigenvalue weighted by atomic mass is 16.5. The van der Waals surface area contributed by atoms with Gasteiger partial charge < -0.3 is 19.4 Å². The zero-order chi connectivity index (χ0) is 24.9. The van der Waals surface area contributed by atoms with E-state index in [9.17, 15) is 9.90 Å². The second kappa shape index (κ2) is 10.6. The highest BCUT2D eigenvalue weighted by Crippen LogP contribution is 2.43. The van der Waals surface area contributed by atoms with Gasteiger partial charge in [0.05, 0.1) is 6.10 Å². The fraction of sp³-hybridized carbons (Fsp3) is 0.200. The number of hydrogen-bond donors (Lipinski definition) is 2. The summed E-state index contributed by atoms with van der Waals surface area (Å²) < 4.78 is 11.7. The van der Waals surface area contributed by atoms with Crippen LogP contribution < -0.4 is 4.74 Å². The number of carboxylic acid groups (broad SMARTS) is 1. The first-order valence-electron chi connectivity index (χ1n) is 12.0. The Labute approximate surface area is 209 Å². The third-order valence-electron chi connectivity index (χ3n) is 6.38. The van der Waals surface area contributed by atoms with Crippen molar-refractivity contribution in [3.8, 4) is 28.3 Å². The lowest BCUT2D eigenvalue weighted by Crippen LogP contribution is -2.18. The Balaban J connectivity index is 1.51. The molecule has 0 bridgehead atoms. The Morgan fingerprint density at radius 3 is 2.44 bits per heavy atom. The lowest BCUT2D eigenvalue weighted by atomic mass is 9.81. The van der Waals surface area contributed by atoms with Gasteiger partial charge in [-0.2, -0.15) is 0 Å². The summed E-state index contributed by atoms with van der Waals surface area (Å²) in [5, 5.41) is 20.3. The second-order valence-corrected chi connectivity index (χ2v) is 8.83. The van der Waals surface area contributed by atoms with Crippen LogP contribution in [0.1, 0.15) is 36.8 Å². The Bertz CT molecular complexity index is 1300. The van der Waals surface area contributed by atoms with Gasteiger partial charge >= 0.3 is 5.97 Å². The number of oxazole rings is 1. The summed E-state index contributed by atoms with van der Waals surface area (Å²) in [4.78, 5) is 15.8. The molecule has 0 saturated carbocycles. The maximum atomic E-state index is 11.4. The first-order valence-corrected chi connectivity index (χ1v) is 12.0. The summed E-state index contributed by atoms with van der Waals surface area (Å²) in [7, 11) is 0. The van der Waals surface area contributed by atoms with Crippen LogP contribution in [0.3, 0.4) is 0 Å². The third-order valence-corrected chi connectivity index (χ3v) is 6.38. The van der Waals surface area contributed by atoms with Crippen molar-refractivity contribution in [2.75, 3.05) is 6.61 Å². The number of nitrogens with zero attached hydrogens (tertiary/aromatic N) is 1. The predicted octanol–water partition coefficient (Wildman–Crippen LogP) is 6.39. The monoisotopic (exact) mass is 481 g/mol. The van der Waals surface area contributed by atoms with Gasteiger partial charge in [0.15, 0.2) is 12.4 Å². The van der Waals surface area contributed by atoms with Crippen molar-refractivity contribution in [2.45, 2.75) is 25.4 Å². The van der Waals surface area contributed by atoms with E-state index in [0.29, 0.717) is 23.0 Å². The van der Waals surface area contributed by atoms with Gasteiger partial charge in [0, 0.05) is 22.6 Å². The molecule has 6 nitrogen and oxygen atoms in total. The van der Waals surface area contributed by atoms with Crippen LogP contribution in [0.5, 0.6) is 5.75 Å². The number of aliphatic carboxylic acids is 1. The maximum Gasteiger partial charge on any atom is 0.341 e. The molecule has 0 saturated heterocycles. The van der Waals surface area contributed by atoms with E-state index in [-0.39, 0.29) is 5.92 Å². The summed E-state index contributed by atoms with van der Waals surface area (Å²) in [6.45, 7) is -0.436. The standard InChI is InChI=1S/C30H27NO5/c32-26(33)19-35-23-15-9-14-22(18-23)28(34)24-16-7-8-17-25(24)30-31-27(20-10-3-1-4-11-20)29(36-30)21-12-5-2-6-13-21/h1-6,9-15,17-18,24,28,34H,7-8,16,19H2,(H,32,33). The van der Waals surface area contributed by atoms with E-state index in [2.05, 4.69) is 6.08 Å². The van der Waals surface area contributed by atoms with Crippen LogP contribution in [0.4, 0.5) is 0 Å². The van der Waals surface area contributed by atoms with Crippen LogP contribution in [-0.4, -0.2) is 27.8 Å². The van der Waals surface area contributed by atoms with E-state index in [4.69, 9.17) is 19.2 Å². The molecule has 5 rings (SSSR count). The van der Waals surface area contributed by atoms with E-state index in [1.165, 1.54) is 0 Å². The molecule has 2 atom stereocenters. The van der Waals surface area contributed by atoms with Crippen LogP contribution in [0.2, 0.25) is 0 Å². The van der Waals surface area contributed by atoms with Crippen LogP contribution >= 0.6 is 0 Å². The van der Waals surface area contributed by atoms with Gasteiger partial charge in [0.1, 0.15) is 11.4 Å². The van der Waals surface area contributed by atoms with E-state index < -0.39 is 18.7 Å². The molecule has 0 amide bonds. The molecule has 0 radical (unpaired) electrons. The predicted molar refractivity (Wildman–Crippen MR) is 137 cm³/mol. The minimum absolute atomic E-state index is 0.223. The van der Waals surface area contributed by atoms with Crippen molar-refractivity contribution in [1.82, 2.24) is 4.98 Å². The van der Waals surface area contributed by atoms with Crippen LogP contribution in [0.15, 0.2) is 95.4 Å². The average Bonchev–Trinajstić information content (AvgIpc) is 3.38. The molecule has 0 fully saturated rings. The molecule has 2 N–H and O–H groups in total. The summed E-state index contributed by atoms with van der Waals surface area (Å²) >= 11 is 0. The number of allylic oxidation sites excluding steroid dienone is 1. The number of rotatable bonds is 8. The van der Waals surface area contributed by atoms with Crippen LogP contribution in [0, 0.1) is 5.92 Å².